The average molecular weight is 633 g/mol. The molecule has 0 aliphatic carbocycles. The van der Waals surface area contributed by atoms with E-state index >= 15 is 0 Å². The number of carboxylic acid groups (broad SMARTS) is 3. The first-order valence-electron chi connectivity index (χ1n) is 15.4. The van der Waals surface area contributed by atoms with Crippen LogP contribution in [-0.4, -0.2) is 67.6 Å². The summed E-state index contributed by atoms with van der Waals surface area (Å²) in [5.41, 5.74) is 3.22. The molecule has 1 aromatic carbocycles. The molecule has 0 unspecified atom stereocenters. The number of carbonyl (C=O) groups excluding carboxylic acids is 2. The summed E-state index contributed by atoms with van der Waals surface area (Å²) in [5, 5.41) is 51.6. The highest BCUT2D eigenvalue weighted by Gasteiger charge is 2.49. The zero-order valence-corrected chi connectivity index (χ0v) is 25.9. The molecule has 13 heteroatoms. The molecule has 0 aliphatic heterocycles. The number of hydrogen-bond donors (Lipinski definition) is 8. The number of anilines is 1. The number of nitrogens with one attached hydrogen (secondary N) is 3. The van der Waals surface area contributed by atoms with E-state index in [9.17, 15) is 44.4 Å². The Labute approximate surface area is 263 Å². The third-order valence-corrected chi connectivity index (χ3v) is 7.34. The molecule has 3 atom stereocenters. The number of aliphatic hydroxyl groups is 1. The fraction of sp³-hybridized carbons (Fsp3) is 0.562. The number of unbranched alkanes of at least 4 members (excludes halogenated alkanes) is 8. The summed E-state index contributed by atoms with van der Waals surface area (Å²) in [6, 6.07) is 4.67. The average Bonchev–Trinajstić information content (AvgIpc) is 2.95. The quantitative estimate of drug-likeness (QED) is 0.0352. The van der Waals surface area contributed by atoms with Crippen LogP contribution in [-0.2, 0) is 30.4 Å². The minimum atomic E-state index is -3.04. The van der Waals surface area contributed by atoms with Crippen LogP contribution in [0.15, 0.2) is 36.4 Å². The first-order chi connectivity index (χ1) is 21.3. The van der Waals surface area contributed by atoms with Crippen LogP contribution in [0.2, 0.25) is 0 Å². The normalized spacial score (nSPS) is 13.8. The molecule has 1 aromatic rings. The van der Waals surface area contributed by atoms with Crippen LogP contribution in [0.25, 0.3) is 0 Å². The van der Waals surface area contributed by atoms with Gasteiger partial charge in [-0.1, -0.05) is 69.7 Å². The molecule has 0 radical (unpaired) electrons. The lowest BCUT2D eigenvalue weighted by molar-refractivity contribution is -0.172. The van der Waals surface area contributed by atoms with Gasteiger partial charge in [-0.15, -0.1) is 0 Å². The van der Waals surface area contributed by atoms with Crippen molar-refractivity contribution in [2.75, 3.05) is 5.32 Å². The Bertz CT molecular complexity index is 1170. The summed E-state index contributed by atoms with van der Waals surface area (Å²) in [6.45, 7) is 2.14. The predicted octanol–water partition coefficient (Wildman–Crippen LogP) is 3.84. The summed E-state index contributed by atoms with van der Waals surface area (Å²) in [4.78, 5) is 60.6. The van der Waals surface area contributed by atoms with E-state index in [-0.39, 0.29) is 18.2 Å². The van der Waals surface area contributed by atoms with Gasteiger partial charge in [-0.25, -0.2) is 9.59 Å². The van der Waals surface area contributed by atoms with E-state index in [2.05, 4.69) is 17.6 Å². The second-order valence-corrected chi connectivity index (χ2v) is 11.2. The molecule has 0 bridgehead atoms. The number of carboxylic acids is 3. The molecule has 1 amide bonds. The molecule has 0 saturated carbocycles. The van der Waals surface area contributed by atoms with Crippen molar-refractivity contribution in [2.24, 2.45) is 11.7 Å². The van der Waals surface area contributed by atoms with Crippen molar-refractivity contribution in [2.45, 2.75) is 108 Å². The molecule has 0 saturated heterocycles. The number of benzene rings is 1. The highest BCUT2D eigenvalue weighted by Crippen LogP contribution is 2.26. The highest BCUT2D eigenvalue weighted by molar-refractivity contribution is 5.94. The van der Waals surface area contributed by atoms with Crippen molar-refractivity contribution in [3.63, 3.8) is 0 Å². The summed E-state index contributed by atoms with van der Waals surface area (Å²) < 4.78 is 0. The number of ketones is 1. The molecule has 250 valence electrons. The maximum atomic E-state index is 13.2. The van der Waals surface area contributed by atoms with Crippen LogP contribution in [0.5, 0.6) is 0 Å². The summed E-state index contributed by atoms with van der Waals surface area (Å²) in [5.74, 6) is -8.11. The molecule has 0 aromatic heterocycles. The number of nitrogens with two attached hydrogens (primary N) is 1. The minimum Gasteiger partial charge on any atom is -0.481 e. The van der Waals surface area contributed by atoms with Gasteiger partial charge in [0, 0.05) is 24.9 Å². The van der Waals surface area contributed by atoms with Gasteiger partial charge in [0.2, 0.25) is 5.91 Å². The second kappa shape index (κ2) is 20.7. The van der Waals surface area contributed by atoms with Gasteiger partial charge in [0.15, 0.2) is 11.6 Å². The maximum absolute atomic E-state index is 13.2. The predicted molar refractivity (Wildman–Crippen MR) is 169 cm³/mol. The van der Waals surface area contributed by atoms with Crippen molar-refractivity contribution in [1.82, 2.24) is 5.32 Å². The van der Waals surface area contributed by atoms with Crippen LogP contribution in [0.3, 0.4) is 0 Å². The van der Waals surface area contributed by atoms with Crippen LogP contribution < -0.4 is 16.4 Å². The highest BCUT2D eigenvalue weighted by atomic mass is 16.4. The van der Waals surface area contributed by atoms with Gasteiger partial charge in [-0.05, 0) is 43.4 Å². The van der Waals surface area contributed by atoms with Crippen LogP contribution >= 0.6 is 0 Å². The maximum Gasteiger partial charge on any atom is 0.337 e. The molecule has 13 nitrogen and oxygen atoms in total. The molecule has 9 N–H and O–H groups in total. The van der Waals surface area contributed by atoms with Gasteiger partial charge in [-0.2, -0.15) is 0 Å². The number of allylic oxidation sites excluding steroid dienone is 1. The summed E-state index contributed by atoms with van der Waals surface area (Å²) in [6.07, 6.45) is 11.1. The van der Waals surface area contributed by atoms with E-state index in [1.165, 1.54) is 12.5 Å². The van der Waals surface area contributed by atoms with E-state index in [1.807, 2.05) is 0 Å². The van der Waals surface area contributed by atoms with Crippen molar-refractivity contribution in [3.8, 4) is 0 Å². The van der Waals surface area contributed by atoms with Crippen molar-refractivity contribution < 1.29 is 44.4 Å². The third-order valence-electron chi connectivity index (χ3n) is 7.34. The lowest BCUT2D eigenvalue weighted by atomic mass is 9.82. The van der Waals surface area contributed by atoms with Gasteiger partial charge in [0.25, 0.3) is 0 Å². The molecular weight excluding hydrogens is 584 g/mol. The Morgan fingerprint density at radius 1 is 0.911 bits per heavy atom. The third kappa shape index (κ3) is 15.3. The molecule has 0 aliphatic rings. The second-order valence-electron chi connectivity index (χ2n) is 11.2. The Balaban J connectivity index is 2.83. The van der Waals surface area contributed by atoms with Crippen LogP contribution in [0, 0.1) is 11.3 Å². The van der Waals surface area contributed by atoms with Gasteiger partial charge in [0.1, 0.15) is 11.8 Å². The largest absolute Gasteiger partial charge is 0.481 e. The fourth-order valence-electron chi connectivity index (χ4n) is 4.81. The zero-order valence-electron chi connectivity index (χ0n) is 25.9. The first kappa shape index (κ1) is 38.8. The summed E-state index contributed by atoms with van der Waals surface area (Å²) in [7, 11) is 0. The number of hydrogen-bond acceptors (Lipinski definition) is 7. The number of Topliss-reactive ketones (excluding diaryl/α,β-unsaturated/α-hetero) is 1. The number of aliphatic carboxylic acids is 3. The van der Waals surface area contributed by atoms with E-state index in [0.29, 0.717) is 36.9 Å². The van der Waals surface area contributed by atoms with E-state index in [4.69, 9.17) is 11.1 Å². The Kier molecular flexibility index (Phi) is 17.8. The standard InChI is InChI=1S/C32H48N4O9/c1-2-3-4-7-10-13-24(37)14-11-8-5-6-9-12-15-25(32(45,30(43)44)21-27(38)39)28(40)36-26(29(41)42)20-22-16-18-23(19-17-22)35-31(33)34/h12,15-19,25-26,45H,2-11,13-14,20-21H2,1H3,(H,36,40)(H,38,39)(H,41,42)(H,43,44)(H4,33,34,35)/b15-12+/t25-,26+,32+/m1/s1. The number of guanidine groups is 1. The number of rotatable bonds is 24. The van der Waals surface area contributed by atoms with Crippen molar-refractivity contribution in [1.29, 1.82) is 5.41 Å². The topological polar surface area (TPSA) is 240 Å². The van der Waals surface area contributed by atoms with Crippen molar-refractivity contribution >= 4 is 41.2 Å². The molecular formula is C32H48N4O9. The SMILES string of the molecule is CCCCCCCC(=O)CCCCCC/C=C/[C@H](C(=O)N[C@@H](Cc1ccc(NC(=N)N)cc1)C(=O)O)[C@@](O)(CC(=O)O)C(=O)O. The lowest BCUT2D eigenvalue weighted by Gasteiger charge is -2.29. The van der Waals surface area contributed by atoms with Gasteiger partial charge in [-0.3, -0.25) is 19.8 Å². The number of amides is 1. The molecule has 1 rings (SSSR count). The monoisotopic (exact) mass is 632 g/mol. The smallest absolute Gasteiger partial charge is 0.337 e. The molecule has 45 heavy (non-hydrogen) atoms. The number of carbonyl (C=O) groups is 5. The molecule has 0 heterocycles. The van der Waals surface area contributed by atoms with Gasteiger partial charge < -0.3 is 36.8 Å². The summed E-state index contributed by atoms with van der Waals surface area (Å²) >= 11 is 0. The van der Waals surface area contributed by atoms with E-state index in [1.54, 1.807) is 24.3 Å². The molecule has 0 fully saturated rings. The lowest BCUT2D eigenvalue weighted by Crippen LogP contribution is -2.55. The fourth-order valence-corrected chi connectivity index (χ4v) is 4.81. The van der Waals surface area contributed by atoms with Crippen LogP contribution in [0.4, 0.5) is 5.69 Å². The van der Waals surface area contributed by atoms with Crippen LogP contribution in [0.1, 0.15) is 96.0 Å². The Morgan fingerprint density at radius 3 is 2.00 bits per heavy atom. The molecule has 0 spiro atoms. The van der Waals surface area contributed by atoms with Gasteiger partial charge in [0.05, 0.1) is 12.3 Å². The Morgan fingerprint density at radius 2 is 1.49 bits per heavy atom. The Hall–Kier alpha value is -4.26. The minimum absolute atomic E-state index is 0.205. The zero-order chi connectivity index (χ0) is 33.8. The van der Waals surface area contributed by atoms with E-state index < -0.39 is 47.8 Å². The first-order valence-corrected chi connectivity index (χ1v) is 15.4. The van der Waals surface area contributed by atoms with E-state index in [0.717, 1.165) is 51.0 Å². The van der Waals surface area contributed by atoms with Crippen molar-refractivity contribution in [3.05, 3.63) is 42.0 Å². The van der Waals surface area contributed by atoms with Gasteiger partial charge >= 0.3 is 17.9 Å².